The molecular formula is C13H14BrNO2S. The molecule has 5 heteroatoms. The second kappa shape index (κ2) is 7.41. The first-order valence-corrected chi connectivity index (χ1v) is 6.34. The van der Waals surface area contributed by atoms with Gasteiger partial charge in [-0.1, -0.05) is 41.7 Å². The molecule has 18 heavy (non-hydrogen) atoms. The first-order valence-electron chi connectivity index (χ1n) is 5.46. The third-order valence-electron chi connectivity index (χ3n) is 2.50. The van der Waals surface area contributed by atoms with Crippen LogP contribution in [0.15, 0.2) is 41.9 Å². The smallest absolute Gasteiger partial charge is 0.239 e. The Morgan fingerprint density at radius 2 is 2.00 bits per heavy atom. The number of nitrogens with zero attached hydrogens (tertiary/aromatic N) is 1. The average Bonchev–Trinajstić information content (AvgIpc) is 2.78. The van der Waals surface area contributed by atoms with Crippen molar-refractivity contribution in [1.29, 1.82) is 0 Å². The number of halogens is 1. The van der Waals surface area contributed by atoms with Gasteiger partial charge in [0.25, 0.3) is 0 Å². The SMILES string of the molecule is O=C(C[n+]1ccsc1CCO)c1ccccc1.[Br-]. The largest absolute Gasteiger partial charge is 1.00 e. The summed E-state index contributed by atoms with van der Waals surface area (Å²) in [5, 5.41) is 11.9. The van der Waals surface area contributed by atoms with Crippen molar-refractivity contribution < 1.29 is 31.4 Å². The van der Waals surface area contributed by atoms with E-state index in [0.29, 0.717) is 13.0 Å². The number of aliphatic hydroxyl groups excluding tert-OH is 1. The Kier molecular flexibility index (Phi) is 6.18. The van der Waals surface area contributed by atoms with Crippen LogP contribution in [-0.2, 0) is 13.0 Å². The van der Waals surface area contributed by atoms with Gasteiger partial charge in [0.2, 0.25) is 17.3 Å². The lowest BCUT2D eigenvalue weighted by Crippen LogP contribution is -3.00. The van der Waals surface area contributed by atoms with Gasteiger partial charge < -0.3 is 22.1 Å². The van der Waals surface area contributed by atoms with E-state index in [2.05, 4.69) is 0 Å². The summed E-state index contributed by atoms with van der Waals surface area (Å²) in [7, 11) is 0. The molecule has 0 saturated heterocycles. The molecule has 0 fully saturated rings. The lowest BCUT2D eigenvalue weighted by atomic mass is 10.1. The van der Waals surface area contributed by atoms with Crippen LogP contribution in [0.1, 0.15) is 15.4 Å². The summed E-state index contributed by atoms with van der Waals surface area (Å²) >= 11 is 1.56. The Balaban J connectivity index is 0.00000162. The van der Waals surface area contributed by atoms with Gasteiger partial charge in [-0.15, -0.1) is 0 Å². The Morgan fingerprint density at radius 3 is 2.67 bits per heavy atom. The lowest BCUT2D eigenvalue weighted by Gasteiger charge is -1.98. The monoisotopic (exact) mass is 327 g/mol. The van der Waals surface area contributed by atoms with Gasteiger partial charge in [0.15, 0.2) is 6.20 Å². The molecule has 0 atom stereocenters. The van der Waals surface area contributed by atoms with Gasteiger partial charge in [-0.25, -0.2) is 0 Å². The zero-order valence-electron chi connectivity index (χ0n) is 9.75. The minimum absolute atomic E-state index is 0. The van der Waals surface area contributed by atoms with Crippen LogP contribution in [0.3, 0.4) is 0 Å². The molecule has 0 amide bonds. The predicted molar refractivity (Wildman–Crippen MR) is 66.1 cm³/mol. The van der Waals surface area contributed by atoms with E-state index in [0.717, 1.165) is 10.6 Å². The third-order valence-corrected chi connectivity index (χ3v) is 3.47. The lowest BCUT2D eigenvalue weighted by molar-refractivity contribution is -0.685. The van der Waals surface area contributed by atoms with Crippen molar-refractivity contribution in [2.24, 2.45) is 0 Å². The van der Waals surface area contributed by atoms with Crippen LogP contribution in [-0.4, -0.2) is 17.5 Å². The highest BCUT2D eigenvalue weighted by Gasteiger charge is 2.17. The van der Waals surface area contributed by atoms with Crippen LogP contribution in [0.4, 0.5) is 0 Å². The fourth-order valence-corrected chi connectivity index (χ4v) is 2.48. The standard InChI is InChI=1S/C13H14NO2S.BrH/c15-8-6-13-14(7-9-17-13)10-12(16)11-4-2-1-3-5-11;/h1-5,7,9,15H,6,8,10H2;1H/q+1;/p-1. The fourth-order valence-electron chi connectivity index (χ4n) is 1.64. The van der Waals surface area contributed by atoms with Crippen LogP contribution in [0, 0.1) is 0 Å². The Morgan fingerprint density at radius 1 is 1.28 bits per heavy atom. The summed E-state index contributed by atoms with van der Waals surface area (Å²) in [5.41, 5.74) is 0.723. The van der Waals surface area contributed by atoms with Gasteiger partial charge in [-0.05, 0) is 0 Å². The van der Waals surface area contributed by atoms with Crippen molar-refractivity contribution in [3.63, 3.8) is 0 Å². The number of hydrogen-bond donors (Lipinski definition) is 1. The number of aromatic nitrogens is 1. The van der Waals surface area contributed by atoms with Crippen molar-refractivity contribution >= 4 is 17.1 Å². The molecule has 0 aliphatic carbocycles. The molecule has 0 aliphatic heterocycles. The third kappa shape index (κ3) is 3.73. The number of aliphatic hydroxyl groups is 1. The molecular weight excluding hydrogens is 314 g/mol. The molecule has 0 bridgehead atoms. The molecule has 0 aliphatic rings. The van der Waals surface area contributed by atoms with Crippen LogP contribution in [0.25, 0.3) is 0 Å². The van der Waals surface area contributed by atoms with E-state index in [-0.39, 0.29) is 29.4 Å². The molecule has 1 heterocycles. The fraction of sp³-hybridized carbons (Fsp3) is 0.231. The summed E-state index contributed by atoms with van der Waals surface area (Å²) in [4.78, 5) is 12.0. The highest BCUT2D eigenvalue weighted by Crippen LogP contribution is 2.05. The van der Waals surface area contributed by atoms with Crippen LogP contribution >= 0.6 is 11.3 Å². The van der Waals surface area contributed by atoms with Gasteiger partial charge in [-0.3, -0.25) is 4.79 Å². The van der Waals surface area contributed by atoms with E-state index < -0.39 is 0 Å². The number of carbonyl (C=O) groups excluding carboxylic acids is 1. The zero-order chi connectivity index (χ0) is 12.1. The summed E-state index contributed by atoms with van der Waals surface area (Å²) in [6.45, 7) is 0.447. The van der Waals surface area contributed by atoms with E-state index in [1.54, 1.807) is 11.3 Å². The molecule has 2 aromatic rings. The summed E-state index contributed by atoms with van der Waals surface area (Å²) in [5.74, 6) is 0.0909. The second-order valence-electron chi connectivity index (χ2n) is 3.69. The molecule has 2 rings (SSSR count). The van der Waals surface area contributed by atoms with E-state index >= 15 is 0 Å². The Labute approximate surface area is 120 Å². The van der Waals surface area contributed by atoms with E-state index in [9.17, 15) is 4.79 Å². The Bertz CT molecular complexity index is 499. The van der Waals surface area contributed by atoms with Crippen LogP contribution in [0.5, 0.6) is 0 Å². The number of benzene rings is 1. The second-order valence-corrected chi connectivity index (χ2v) is 4.67. The van der Waals surface area contributed by atoms with Crippen LogP contribution in [0.2, 0.25) is 0 Å². The van der Waals surface area contributed by atoms with Crippen molar-refractivity contribution in [2.45, 2.75) is 13.0 Å². The number of thiazole rings is 1. The van der Waals surface area contributed by atoms with Gasteiger partial charge in [-0.2, -0.15) is 4.57 Å². The molecule has 0 spiro atoms. The molecule has 0 saturated carbocycles. The minimum Gasteiger partial charge on any atom is -1.00 e. The van der Waals surface area contributed by atoms with E-state index in [1.807, 2.05) is 46.5 Å². The van der Waals surface area contributed by atoms with Gasteiger partial charge in [0.05, 0.1) is 18.4 Å². The zero-order valence-corrected chi connectivity index (χ0v) is 12.2. The van der Waals surface area contributed by atoms with Gasteiger partial charge >= 0.3 is 0 Å². The number of carbonyl (C=O) groups is 1. The molecule has 0 radical (unpaired) electrons. The van der Waals surface area contributed by atoms with Crippen molar-refractivity contribution in [1.82, 2.24) is 0 Å². The maximum atomic E-state index is 12.0. The van der Waals surface area contributed by atoms with Gasteiger partial charge in [0, 0.05) is 5.56 Å². The molecule has 1 N–H and O–H groups in total. The van der Waals surface area contributed by atoms with Gasteiger partial charge in [0.1, 0.15) is 0 Å². The maximum Gasteiger partial charge on any atom is 0.239 e. The normalized spacial score (nSPS) is 9.83. The predicted octanol–water partition coefficient (Wildman–Crippen LogP) is -1.54. The number of ketones is 1. The highest BCUT2D eigenvalue weighted by molar-refractivity contribution is 7.09. The molecule has 0 unspecified atom stereocenters. The van der Waals surface area contributed by atoms with E-state index in [1.165, 1.54) is 0 Å². The molecule has 1 aromatic carbocycles. The summed E-state index contributed by atoms with van der Waals surface area (Å²) < 4.78 is 1.90. The van der Waals surface area contributed by atoms with E-state index in [4.69, 9.17) is 5.11 Å². The van der Waals surface area contributed by atoms with Crippen molar-refractivity contribution in [3.05, 3.63) is 52.5 Å². The molecule has 1 aromatic heterocycles. The highest BCUT2D eigenvalue weighted by atomic mass is 79.9. The number of rotatable bonds is 5. The van der Waals surface area contributed by atoms with Crippen molar-refractivity contribution in [2.75, 3.05) is 6.61 Å². The topological polar surface area (TPSA) is 41.2 Å². The average molecular weight is 328 g/mol. The summed E-state index contributed by atoms with van der Waals surface area (Å²) in [6, 6.07) is 9.26. The summed E-state index contributed by atoms with van der Waals surface area (Å²) in [6.07, 6.45) is 2.48. The first-order chi connectivity index (χ1) is 8.31. The minimum atomic E-state index is 0. The molecule has 3 nitrogen and oxygen atoms in total. The number of hydrogen-bond acceptors (Lipinski definition) is 3. The van der Waals surface area contributed by atoms with Crippen molar-refractivity contribution in [3.8, 4) is 0 Å². The molecule has 96 valence electrons. The maximum absolute atomic E-state index is 12.0. The quantitative estimate of drug-likeness (QED) is 0.534. The first kappa shape index (κ1) is 15.0. The van der Waals surface area contributed by atoms with Crippen LogP contribution < -0.4 is 21.5 Å². The number of Topliss-reactive ketones (excluding diaryl/α,β-unsaturated/α-hetero) is 1. The Hall–Kier alpha value is -1.04.